The van der Waals surface area contributed by atoms with E-state index in [9.17, 15) is 5.11 Å². The highest BCUT2D eigenvalue weighted by molar-refractivity contribution is 5.04. The Balaban J connectivity index is 1.72. The van der Waals surface area contributed by atoms with Gasteiger partial charge >= 0.3 is 0 Å². The molecule has 0 bridgehead atoms. The molecule has 1 aromatic heterocycles. The molecule has 2 fully saturated rings. The van der Waals surface area contributed by atoms with E-state index in [0.717, 1.165) is 38.0 Å². The van der Waals surface area contributed by atoms with Gasteiger partial charge in [0.05, 0.1) is 25.0 Å². The topological polar surface area (TPSA) is 54.8 Å². The Morgan fingerprint density at radius 3 is 2.86 bits per heavy atom. The number of hydrogen-bond acceptors (Lipinski definition) is 5. The number of hydrogen-bond donors (Lipinski definition) is 1. The first-order chi connectivity index (χ1) is 10.2. The zero-order valence-corrected chi connectivity index (χ0v) is 12.6. The highest BCUT2D eigenvalue weighted by Gasteiger charge is 2.46. The molecular weight excluding hydrogens is 268 g/mol. The Morgan fingerprint density at radius 2 is 2.19 bits per heavy atom. The molecule has 2 atom stereocenters. The summed E-state index contributed by atoms with van der Waals surface area (Å²) in [4.78, 5) is 6.67. The maximum Gasteiger partial charge on any atom is 0.170 e. The van der Waals surface area contributed by atoms with E-state index in [-0.39, 0.29) is 12.1 Å². The van der Waals surface area contributed by atoms with Crippen molar-refractivity contribution in [3.8, 4) is 0 Å². The number of aromatic nitrogens is 1. The minimum atomic E-state index is -0.471. The third-order valence-corrected chi connectivity index (χ3v) is 4.57. The maximum atomic E-state index is 10.4. The molecule has 5 nitrogen and oxygen atoms in total. The van der Waals surface area contributed by atoms with Gasteiger partial charge in [0.2, 0.25) is 0 Å². The van der Waals surface area contributed by atoms with Gasteiger partial charge in [-0.2, -0.15) is 0 Å². The number of aliphatic hydroxyl groups is 1. The minimum absolute atomic E-state index is 0.0591. The predicted octanol–water partition coefficient (Wildman–Crippen LogP) is 1.56. The van der Waals surface area contributed by atoms with Gasteiger partial charge in [0.15, 0.2) is 5.79 Å². The van der Waals surface area contributed by atoms with Gasteiger partial charge in [0, 0.05) is 31.6 Å². The van der Waals surface area contributed by atoms with Gasteiger partial charge in [-0.25, -0.2) is 0 Å². The summed E-state index contributed by atoms with van der Waals surface area (Å²) in [5.41, 5.74) is 1.03. The fourth-order valence-corrected chi connectivity index (χ4v) is 3.41. The molecule has 3 rings (SSSR count). The van der Waals surface area contributed by atoms with Crippen LogP contribution in [0.1, 0.15) is 31.9 Å². The van der Waals surface area contributed by atoms with Crippen LogP contribution in [0, 0.1) is 0 Å². The lowest BCUT2D eigenvalue weighted by molar-refractivity contribution is -0.205. The van der Waals surface area contributed by atoms with Crippen LogP contribution in [-0.2, 0) is 16.0 Å². The molecule has 116 valence electrons. The van der Waals surface area contributed by atoms with Crippen molar-refractivity contribution < 1.29 is 14.6 Å². The average molecular weight is 292 g/mol. The molecule has 2 heterocycles. The lowest BCUT2D eigenvalue weighted by Crippen LogP contribution is -2.53. The van der Waals surface area contributed by atoms with E-state index >= 15 is 0 Å². The van der Waals surface area contributed by atoms with Crippen LogP contribution in [0.3, 0.4) is 0 Å². The molecule has 1 aliphatic heterocycles. The largest absolute Gasteiger partial charge is 0.391 e. The molecule has 1 saturated carbocycles. The second-order valence-corrected chi connectivity index (χ2v) is 5.87. The van der Waals surface area contributed by atoms with Crippen molar-refractivity contribution in [3.63, 3.8) is 0 Å². The molecule has 2 unspecified atom stereocenters. The summed E-state index contributed by atoms with van der Waals surface area (Å²) in [6.07, 6.45) is 3.72. The highest BCUT2D eigenvalue weighted by Crippen LogP contribution is 2.38. The van der Waals surface area contributed by atoms with E-state index < -0.39 is 5.79 Å². The molecule has 5 heteroatoms. The van der Waals surface area contributed by atoms with Crippen molar-refractivity contribution in [2.75, 3.05) is 19.8 Å². The molecule has 1 N–H and O–H groups in total. The summed E-state index contributed by atoms with van der Waals surface area (Å²) >= 11 is 0. The highest BCUT2D eigenvalue weighted by atomic mass is 16.7. The zero-order valence-electron chi connectivity index (χ0n) is 12.6. The Morgan fingerprint density at radius 1 is 1.38 bits per heavy atom. The smallest absolute Gasteiger partial charge is 0.170 e. The quantitative estimate of drug-likeness (QED) is 0.912. The summed E-state index contributed by atoms with van der Waals surface area (Å²) in [5.74, 6) is -0.471. The molecule has 1 aromatic rings. The second-order valence-electron chi connectivity index (χ2n) is 5.87. The molecule has 1 aliphatic carbocycles. The van der Waals surface area contributed by atoms with Crippen molar-refractivity contribution in [2.45, 2.75) is 50.7 Å². The van der Waals surface area contributed by atoms with Gasteiger partial charge in [-0.1, -0.05) is 13.0 Å². The summed E-state index contributed by atoms with van der Waals surface area (Å²) < 4.78 is 11.7. The van der Waals surface area contributed by atoms with Crippen molar-refractivity contribution >= 4 is 0 Å². The molecule has 2 aliphatic rings. The summed E-state index contributed by atoms with van der Waals surface area (Å²) in [6, 6.07) is 6.00. The first kappa shape index (κ1) is 14.9. The van der Waals surface area contributed by atoms with E-state index in [1.165, 1.54) is 0 Å². The van der Waals surface area contributed by atoms with Crippen LogP contribution in [0.5, 0.6) is 0 Å². The van der Waals surface area contributed by atoms with Crippen LogP contribution in [-0.4, -0.2) is 52.7 Å². The van der Waals surface area contributed by atoms with Crippen molar-refractivity contribution in [3.05, 3.63) is 30.1 Å². The summed E-state index contributed by atoms with van der Waals surface area (Å²) in [7, 11) is 0. The molecule has 0 aromatic carbocycles. The van der Waals surface area contributed by atoms with Gasteiger partial charge < -0.3 is 14.6 Å². The lowest BCUT2D eigenvalue weighted by atomic mass is 9.86. The van der Waals surface area contributed by atoms with E-state index in [4.69, 9.17) is 9.47 Å². The van der Waals surface area contributed by atoms with E-state index in [1.54, 1.807) is 0 Å². The first-order valence-corrected chi connectivity index (χ1v) is 7.82. The molecule has 0 amide bonds. The summed E-state index contributed by atoms with van der Waals surface area (Å²) in [5, 5.41) is 10.4. The first-order valence-electron chi connectivity index (χ1n) is 7.82. The van der Waals surface area contributed by atoms with E-state index in [2.05, 4.69) is 16.8 Å². The molecular formula is C16H24N2O3. The monoisotopic (exact) mass is 292 g/mol. The third-order valence-electron chi connectivity index (χ3n) is 4.57. The Kier molecular flexibility index (Phi) is 4.54. The number of likely N-dealkylation sites (N-methyl/N-ethyl adjacent to an activating group) is 1. The number of ether oxygens (including phenoxy) is 2. The minimum Gasteiger partial charge on any atom is -0.391 e. The van der Waals surface area contributed by atoms with Gasteiger partial charge in [0.1, 0.15) is 0 Å². The fourth-order valence-electron chi connectivity index (χ4n) is 3.41. The molecule has 0 radical (unpaired) electrons. The van der Waals surface area contributed by atoms with Crippen LogP contribution in [0.15, 0.2) is 24.4 Å². The van der Waals surface area contributed by atoms with Crippen LogP contribution >= 0.6 is 0 Å². The third kappa shape index (κ3) is 3.26. The van der Waals surface area contributed by atoms with Crippen LogP contribution in [0.25, 0.3) is 0 Å². The Bertz CT molecular complexity index is 448. The van der Waals surface area contributed by atoms with Crippen LogP contribution in [0.4, 0.5) is 0 Å². The lowest BCUT2D eigenvalue weighted by Gasteiger charge is -2.43. The summed E-state index contributed by atoms with van der Waals surface area (Å²) in [6.45, 7) is 5.06. The zero-order chi connectivity index (χ0) is 14.7. The average Bonchev–Trinajstić information content (AvgIpc) is 2.97. The number of aliphatic hydroxyl groups excluding tert-OH is 1. The number of pyridine rings is 1. The molecule has 21 heavy (non-hydrogen) atoms. The van der Waals surface area contributed by atoms with Crippen molar-refractivity contribution in [2.24, 2.45) is 0 Å². The SMILES string of the molecule is CCN(Cc1ccccn1)C1CC2(CCC1O)OCCO2. The Labute approximate surface area is 125 Å². The van der Waals surface area contributed by atoms with E-state index in [1.807, 2.05) is 24.4 Å². The van der Waals surface area contributed by atoms with E-state index in [0.29, 0.717) is 13.2 Å². The number of rotatable bonds is 4. The second kappa shape index (κ2) is 6.40. The van der Waals surface area contributed by atoms with Crippen LogP contribution < -0.4 is 0 Å². The van der Waals surface area contributed by atoms with Crippen molar-refractivity contribution in [1.82, 2.24) is 9.88 Å². The normalized spacial score (nSPS) is 28.3. The fraction of sp³-hybridized carbons (Fsp3) is 0.688. The maximum absolute atomic E-state index is 10.4. The van der Waals surface area contributed by atoms with Gasteiger partial charge in [-0.15, -0.1) is 0 Å². The van der Waals surface area contributed by atoms with Crippen molar-refractivity contribution in [1.29, 1.82) is 0 Å². The van der Waals surface area contributed by atoms with Crippen LogP contribution in [0.2, 0.25) is 0 Å². The number of nitrogens with zero attached hydrogens (tertiary/aromatic N) is 2. The molecule has 1 spiro atoms. The standard InChI is InChI=1S/C16H24N2O3/c1-2-18(12-13-5-3-4-8-17-13)14-11-16(7-6-15(14)19)20-9-10-21-16/h3-5,8,14-15,19H,2,6-7,9-12H2,1H3. The molecule has 1 saturated heterocycles. The van der Waals surface area contributed by atoms with Gasteiger partial charge in [0.25, 0.3) is 0 Å². The van der Waals surface area contributed by atoms with Gasteiger partial charge in [-0.3, -0.25) is 9.88 Å². The Hall–Kier alpha value is -1.01. The van der Waals surface area contributed by atoms with Gasteiger partial charge in [-0.05, 0) is 25.1 Å². The predicted molar refractivity (Wildman–Crippen MR) is 78.6 cm³/mol.